The van der Waals surface area contributed by atoms with Gasteiger partial charge in [-0.3, -0.25) is 14.4 Å². The van der Waals surface area contributed by atoms with Crippen molar-refractivity contribution in [3.63, 3.8) is 0 Å². The van der Waals surface area contributed by atoms with Gasteiger partial charge in [0.1, 0.15) is 5.92 Å². The highest BCUT2D eigenvalue weighted by Gasteiger charge is 2.60. The number of imide groups is 1. The number of methoxy groups -OCH3 is 1. The van der Waals surface area contributed by atoms with Crippen molar-refractivity contribution in [2.75, 3.05) is 23.3 Å². The highest BCUT2D eigenvalue weighted by Crippen LogP contribution is 2.47. The van der Waals surface area contributed by atoms with Crippen LogP contribution in [-0.2, 0) is 19.2 Å². The van der Waals surface area contributed by atoms with Crippen LogP contribution >= 0.6 is 11.8 Å². The summed E-state index contributed by atoms with van der Waals surface area (Å²) in [6, 6.07) is 23.1. The first kappa shape index (κ1) is 22.2. The summed E-state index contributed by atoms with van der Waals surface area (Å²) in [7, 11) is 1.30. The van der Waals surface area contributed by atoms with Crippen LogP contribution in [0.25, 0.3) is 0 Å². The van der Waals surface area contributed by atoms with Crippen molar-refractivity contribution in [3.8, 4) is 0 Å². The number of ether oxygens (including phenoxy) is 1. The number of hydrogen-bond acceptors (Lipinski definition) is 7. The van der Waals surface area contributed by atoms with Gasteiger partial charge >= 0.3 is 5.97 Å². The Balaban J connectivity index is 1.52. The zero-order valence-corrected chi connectivity index (χ0v) is 19.4. The minimum absolute atomic E-state index is 0.335. The van der Waals surface area contributed by atoms with Crippen LogP contribution in [0.2, 0.25) is 0 Å². The lowest BCUT2D eigenvalue weighted by Crippen LogP contribution is -2.37. The van der Waals surface area contributed by atoms with Crippen molar-refractivity contribution in [3.05, 3.63) is 90.0 Å². The van der Waals surface area contributed by atoms with Crippen LogP contribution in [-0.4, -0.2) is 37.3 Å². The van der Waals surface area contributed by atoms with Crippen LogP contribution in [0.3, 0.4) is 0 Å². The van der Waals surface area contributed by atoms with Gasteiger partial charge in [0, 0.05) is 4.90 Å². The Morgan fingerprint density at radius 1 is 0.882 bits per heavy atom. The molecule has 2 saturated heterocycles. The van der Waals surface area contributed by atoms with E-state index in [1.807, 2.05) is 60.9 Å². The van der Waals surface area contributed by atoms with Crippen LogP contribution in [0.1, 0.15) is 22.0 Å². The van der Waals surface area contributed by atoms with Gasteiger partial charge in [0.2, 0.25) is 5.91 Å². The van der Waals surface area contributed by atoms with E-state index in [-0.39, 0.29) is 5.91 Å². The zero-order valence-electron chi connectivity index (χ0n) is 18.6. The number of thioether (sulfide) groups is 1. The molecule has 2 amide bonds. The molecule has 2 aliphatic rings. The Kier molecular flexibility index (Phi) is 5.85. The lowest BCUT2D eigenvalue weighted by Gasteiger charge is -2.28. The fraction of sp³-hybridized carbons (Fsp3) is 0.192. The van der Waals surface area contributed by atoms with Crippen molar-refractivity contribution < 1.29 is 24.0 Å². The van der Waals surface area contributed by atoms with Gasteiger partial charge in [0.15, 0.2) is 6.10 Å². The van der Waals surface area contributed by atoms with E-state index in [2.05, 4.69) is 0 Å². The van der Waals surface area contributed by atoms with Gasteiger partial charge < -0.3 is 4.74 Å². The number of hydrogen-bond donors (Lipinski definition) is 0. The first-order chi connectivity index (χ1) is 16.5. The number of fused-ring (bicyclic) bond motifs is 1. The molecule has 0 bridgehead atoms. The number of carbonyl (C=O) groups is 3. The average Bonchev–Trinajstić information content (AvgIpc) is 3.40. The topological polar surface area (TPSA) is 76.2 Å². The molecule has 3 atom stereocenters. The Morgan fingerprint density at radius 2 is 1.56 bits per heavy atom. The monoisotopic (exact) mass is 474 g/mol. The second kappa shape index (κ2) is 8.96. The van der Waals surface area contributed by atoms with E-state index < -0.39 is 29.9 Å². The predicted octanol–water partition coefficient (Wildman–Crippen LogP) is 4.25. The number of amides is 2. The molecule has 0 N–H and O–H groups in total. The number of anilines is 2. The van der Waals surface area contributed by atoms with E-state index in [4.69, 9.17) is 9.57 Å². The largest absolute Gasteiger partial charge is 0.465 e. The number of para-hydroxylation sites is 1. The molecule has 2 aliphatic heterocycles. The number of hydroxylamine groups is 1. The van der Waals surface area contributed by atoms with Crippen LogP contribution in [0, 0.1) is 5.92 Å². The van der Waals surface area contributed by atoms with Gasteiger partial charge in [-0.05, 0) is 60.4 Å². The summed E-state index contributed by atoms with van der Waals surface area (Å²) in [5.41, 5.74) is 2.39. The third-order valence-electron chi connectivity index (χ3n) is 6.13. The molecule has 2 heterocycles. The van der Waals surface area contributed by atoms with E-state index in [9.17, 15) is 14.4 Å². The molecule has 0 unspecified atom stereocenters. The zero-order chi connectivity index (χ0) is 23.8. The molecule has 0 aliphatic carbocycles. The SMILES string of the molecule is COC(=O)c1ccc(N2C(=O)[C@@H]3[C@H](ON(c4ccccc4)[C@@H]3c3ccc(SC)cc3)C2=O)cc1. The smallest absolute Gasteiger partial charge is 0.337 e. The van der Waals surface area contributed by atoms with E-state index in [1.165, 1.54) is 19.2 Å². The molecule has 3 aromatic rings. The molecule has 34 heavy (non-hydrogen) atoms. The number of carbonyl (C=O) groups excluding carboxylic acids is 3. The molecule has 0 spiro atoms. The lowest BCUT2D eigenvalue weighted by molar-refractivity contribution is -0.126. The number of esters is 1. The first-order valence-electron chi connectivity index (χ1n) is 10.7. The van der Waals surface area contributed by atoms with Crippen LogP contribution < -0.4 is 9.96 Å². The molecule has 3 aromatic carbocycles. The predicted molar refractivity (Wildman–Crippen MR) is 129 cm³/mol. The quantitative estimate of drug-likeness (QED) is 0.311. The lowest BCUT2D eigenvalue weighted by atomic mass is 9.90. The number of benzene rings is 3. The maximum absolute atomic E-state index is 13.7. The first-order valence-corrected chi connectivity index (χ1v) is 12.0. The van der Waals surface area contributed by atoms with Gasteiger partial charge in [0.25, 0.3) is 5.91 Å². The van der Waals surface area contributed by atoms with Crippen LogP contribution in [0.15, 0.2) is 83.8 Å². The van der Waals surface area contributed by atoms with E-state index >= 15 is 0 Å². The molecule has 2 fully saturated rings. The molecular weight excluding hydrogens is 452 g/mol. The van der Waals surface area contributed by atoms with Gasteiger partial charge in [0.05, 0.1) is 30.1 Å². The highest BCUT2D eigenvalue weighted by atomic mass is 32.2. The highest BCUT2D eigenvalue weighted by molar-refractivity contribution is 7.98. The van der Waals surface area contributed by atoms with Crippen molar-refractivity contribution >= 4 is 40.9 Å². The Hall–Kier alpha value is -3.62. The van der Waals surface area contributed by atoms with Crippen LogP contribution in [0.4, 0.5) is 11.4 Å². The molecule has 172 valence electrons. The van der Waals surface area contributed by atoms with Gasteiger partial charge in [-0.25, -0.2) is 14.8 Å². The van der Waals surface area contributed by atoms with E-state index in [0.717, 1.165) is 21.0 Å². The maximum Gasteiger partial charge on any atom is 0.337 e. The molecule has 5 rings (SSSR count). The standard InChI is InChI=1S/C26H22N2O5S/c1-32-26(31)17-8-12-18(13-9-17)27-24(29)21-22(16-10-14-20(34-2)15-11-16)28(33-23(21)25(27)30)19-6-4-3-5-7-19/h3-15,21-23H,1-2H3/t21-,22+,23-/m0/s1. The van der Waals surface area contributed by atoms with Gasteiger partial charge in [-0.1, -0.05) is 30.3 Å². The summed E-state index contributed by atoms with van der Waals surface area (Å²) >= 11 is 1.63. The fourth-order valence-corrected chi connectivity index (χ4v) is 4.88. The fourth-order valence-electron chi connectivity index (χ4n) is 4.47. The third-order valence-corrected chi connectivity index (χ3v) is 6.87. The Morgan fingerprint density at radius 3 is 2.18 bits per heavy atom. The van der Waals surface area contributed by atoms with Gasteiger partial charge in [-0.2, -0.15) is 0 Å². The average molecular weight is 475 g/mol. The molecule has 7 nitrogen and oxygen atoms in total. The summed E-state index contributed by atoms with van der Waals surface area (Å²) in [6.45, 7) is 0. The Labute approximate surface area is 201 Å². The molecular formula is C26H22N2O5S. The molecule has 8 heteroatoms. The molecule has 0 radical (unpaired) electrons. The third kappa shape index (κ3) is 3.65. The second-order valence-electron chi connectivity index (χ2n) is 7.98. The Bertz CT molecular complexity index is 1230. The minimum Gasteiger partial charge on any atom is -0.465 e. The van der Waals surface area contributed by atoms with E-state index in [1.54, 1.807) is 29.0 Å². The van der Waals surface area contributed by atoms with Crippen molar-refractivity contribution in [1.82, 2.24) is 0 Å². The van der Waals surface area contributed by atoms with Crippen molar-refractivity contribution in [1.29, 1.82) is 0 Å². The molecule has 0 saturated carbocycles. The maximum atomic E-state index is 13.7. The summed E-state index contributed by atoms with van der Waals surface area (Å²) in [4.78, 5) is 47.2. The molecule has 0 aromatic heterocycles. The normalized spacial score (nSPS) is 21.6. The van der Waals surface area contributed by atoms with Crippen molar-refractivity contribution in [2.45, 2.75) is 17.0 Å². The number of rotatable bonds is 5. The summed E-state index contributed by atoms with van der Waals surface area (Å²) in [5, 5.41) is 1.68. The van der Waals surface area contributed by atoms with Crippen LogP contribution in [0.5, 0.6) is 0 Å². The second-order valence-corrected chi connectivity index (χ2v) is 8.86. The summed E-state index contributed by atoms with van der Waals surface area (Å²) in [6.07, 6.45) is 1.06. The van der Waals surface area contributed by atoms with Crippen molar-refractivity contribution in [2.24, 2.45) is 5.92 Å². The van der Waals surface area contributed by atoms with E-state index in [0.29, 0.717) is 11.3 Å². The summed E-state index contributed by atoms with van der Waals surface area (Å²) in [5.74, 6) is -1.96. The van der Waals surface area contributed by atoms with Gasteiger partial charge in [-0.15, -0.1) is 11.8 Å². The minimum atomic E-state index is -0.946. The summed E-state index contributed by atoms with van der Waals surface area (Å²) < 4.78 is 4.72. The number of nitrogens with zero attached hydrogens (tertiary/aromatic N) is 2.